The maximum absolute atomic E-state index is 5.47. The van der Waals surface area contributed by atoms with Crippen LogP contribution in [-0.4, -0.2) is 38.0 Å². The van der Waals surface area contributed by atoms with Crippen molar-refractivity contribution < 1.29 is 14.0 Å². The first kappa shape index (κ1) is 26.2. The van der Waals surface area contributed by atoms with Gasteiger partial charge in [0.05, 0.1) is 19.3 Å². The molecule has 0 saturated carbocycles. The van der Waals surface area contributed by atoms with Crippen LogP contribution < -0.4 is 15.4 Å². The first-order chi connectivity index (χ1) is 14.2. The Morgan fingerprint density at radius 2 is 1.87 bits per heavy atom. The third kappa shape index (κ3) is 8.51. The number of hydrogen-bond acceptors (Lipinski definition) is 5. The molecule has 0 spiro atoms. The van der Waals surface area contributed by atoms with E-state index in [1.165, 1.54) is 0 Å². The minimum atomic E-state index is 0. The van der Waals surface area contributed by atoms with Crippen LogP contribution in [0.4, 0.5) is 0 Å². The van der Waals surface area contributed by atoms with Crippen molar-refractivity contribution in [3.8, 4) is 5.75 Å². The molecular formula is C22H35IN4O3. The summed E-state index contributed by atoms with van der Waals surface area (Å²) in [5.74, 6) is 2.54. The van der Waals surface area contributed by atoms with E-state index >= 15 is 0 Å². The van der Waals surface area contributed by atoms with Crippen molar-refractivity contribution in [3.05, 3.63) is 46.8 Å². The van der Waals surface area contributed by atoms with E-state index in [2.05, 4.69) is 29.6 Å². The van der Waals surface area contributed by atoms with Crippen molar-refractivity contribution in [1.82, 2.24) is 15.8 Å². The third-order valence-electron chi connectivity index (χ3n) is 4.58. The summed E-state index contributed by atoms with van der Waals surface area (Å²) < 4.78 is 16.1. The maximum Gasteiger partial charge on any atom is 0.191 e. The van der Waals surface area contributed by atoms with Crippen LogP contribution in [0.3, 0.4) is 0 Å². The maximum atomic E-state index is 5.47. The Morgan fingerprint density at radius 3 is 2.50 bits per heavy atom. The Morgan fingerprint density at radius 1 is 1.10 bits per heavy atom. The molecule has 0 saturated heterocycles. The first-order valence-electron chi connectivity index (χ1n) is 10.4. The molecule has 0 amide bonds. The minimum absolute atomic E-state index is 0. The molecule has 0 radical (unpaired) electrons. The van der Waals surface area contributed by atoms with Gasteiger partial charge in [0.2, 0.25) is 0 Å². The molecule has 8 heteroatoms. The lowest BCUT2D eigenvalue weighted by atomic mass is 10.1. The van der Waals surface area contributed by atoms with Crippen LogP contribution in [0.15, 0.2) is 33.8 Å². The van der Waals surface area contributed by atoms with Gasteiger partial charge in [-0.2, -0.15) is 0 Å². The minimum Gasteiger partial charge on any atom is -0.497 e. The lowest BCUT2D eigenvalue weighted by Crippen LogP contribution is -2.38. The summed E-state index contributed by atoms with van der Waals surface area (Å²) in [7, 11) is 1.67. The molecule has 0 bridgehead atoms. The molecule has 2 rings (SSSR count). The van der Waals surface area contributed by atoms with Crippen molar-refractivity contribution in [2.45, 2.75) is 53.1 Å². The summed E-state index contributed by atoms with van der Waals surface area (Å²) in [4.78, 5) is 4.74. The second kappa shape index (κ2) is 15.1. The van der Waals surface area contributed by atoms with Gasteiger partial charge in [-0.1, -0.05) is 31.1 Å². The van der Waals surface area contributed by atoms with Crippen molar-refractivity contribution in [2.24, 2.45) is 4.99 Å². The van der Waals surface area contributed by atoms with Gasteiger partial charge in [0.1, 0.15) is 11.5 Å². The van der Waals surface area contributed by atoms with Crippen LogP contribution in [-0.2, 0) is 30.7 Å². The number of rotatable bonds is 12. The van der Waals surface area contributed by atoms with Gasteiger partial charge in [0.15, 0.2) is 5.96 Å². The summed E-state index contributed by atoms with van der Waals surface area (Å²) in [5, 5.41) is 11.0. The summed E-state index contributed by atoms with van der Waals surface area (Å²) >= 11 is 0. The zero-order valence-corrected chi connectivity index (χ0v) is 20.8. The molecule has 2 N–H and O–H groups in total. The first-order valence-corrected chi connectivity index (χ1v) is 10.4. The Labute approximate surface area is 197 Å². The Bertz CT molecular complexity index is 726. The second-order valence-electron chi connectivity index (χ2n) is 6.58. The summed E-state index contributed by atoms with van der Waals surface area (Å²) in [6.07, 6.45) is 2.59. The van der Waals surface area contributed by atoms with Gasteiger partial charge >= 0.3 is 0 Å². The van der Waals surface area contributed by atoms with E-state index in [0.717, 1.165) is 73.3 Å². The topological polar surface area (TPSA) is 80.9 Å². The van der Waals surface area contributed by atoms with Gasteiger partial charge < -0.3 is 24.6 Å². The number of halogens is 1. The predicted octanol–water partition coefficient (Wildman–Crippen LogP) is 4.09. The highest BCUT2D eigenvalue weighted by Gasteiger charge is 2.13. The van der Waals surface area contributed by atoms with Crippen LogP contribution in [0.25, 0.3) is 0 Å². The van der Waals surface area contributed by atoms with Gasteiger partial charge in [0.25, 0.3) is 0 Å². The Hall–Kier alpha value is -1.81. The zero-order valence-electron chi connectivity index (χ0n) is 18.5. The van der Waals surface area contributed by atoms with Gasteiger partial charge in [-0.15, -0.1) is 24.0 Å². The van der Waals surface area contributed by atoms with Crippen LogP contribution >= 0.6 is 24.0 Å². The molecule has 2 aromatic rings. The van der Waals surface area contributed by atoms with Gasteiger partial charge in [0, 0.05) is 38.3 Å². The van der Waals surface area contributed by atoms with Crippen molar-refractivity contribution in [3.63, 3.8) is 0 Å². The average Bonchev–Trinajstić information content (AvgIpc) is 3.17. The number of aliphatic imine (C=N–C) groups is 1. The SMILES string of the molecule is CCOCCCNC(=NCc1ccc(OC)cc1)NCc1c(CC)noc1CC.I. The van der Waals surface area contributed by atoms with Crippen LogP contribution in [0, 0.1) is 0 Å². The van der Waals surface area contributed by atoms with Gasteiger partial charge in [-0.05, 0) is 37.5 Å². The predicted molar refractivity (Wildman–Crippen MR) is 131 cm³/mol. The van der Waals surface area contributed by atoms with Crippen LogP contribution in [0.1, 0.15) is 49.8 Å². The summed E-state index contributed by atoms with van der Waals surface area (Å²) in [6, 6.07) is 7.95. The number of methoxy groups -OCH3 is 1. The molecule has 0 fully saturated rings. The molecule has 1 heterocycles. The number of nitrogens with zero attached hydrogens (tertiary/aromatic N) is 2. The number of aromatic nitrogens is 1. The Kier molecular flexibility index (Phi) is 13.2. The molecule has 0 aliphatic heterocycles. The lowest BCUT2D eigenvalue weighted by molar-refractivity contribution is 0.145. The van der Waals surface area contributed by atoms with Crippen molar-refractivity contribution in [1.29, 1.82) is 0 Å². The van der Waals surface area contributed by atoms with Crippen LogP contribution in [0.5, 0.6) is 5.75 Å². The number of hydrogen-bond donors (Lipinski definition) is 2. The molecule has 1 aromatic heterocycles. The van der Waals surface area contributed by atoms with E-state index < -0.39 is 0 Å². The van der Waals surface area contributed by atoms with E-state index in [9.17, 15) is 0 Å². The monoisotopic (exact) mass is 530 g/mol. The molecule has 0 aliphatic carbocycles. The molecule has 0 aliphatic rings. The smallest absolute Gasteiger partial charge is 0.191 e. The standard InChI is InChI=1S/C22H34N4O3.HI/c1-5-20-19(21(6-2)29-26-20)16-25-22(23-13-8-14-28-7-3)24-15-17-9-11-18(27-4)12-10-17;/h9-12H,5-8,13-16H2,1-4H3,(H2,23,24,25);1H. The van der Waals surface area contributed by atoms with E-state index in [1.54, 1.807) is 7.11 Å². The largest absolute Gasteiger partial charge is 0.497 e. The highest BCUT2D eigenvalue weighted by atomic mass is 127. The molecule has 1 aromatic carbocycles. The zero-order chi connectivity index (χ0) is 20.9. The molecular weight excluding hydrogens is 495 g/mol. The quantitative estimate of drug-likeness (QED) is 0.186. The Balaban J connectivity index is 0.00000450. The number of guanidine groups is 1. The lowest BCUT2D eigenvalue weighted by Gasteiger charge is -2.13. The highest BCUT2D eigenvalue weighted by Crippen LogP contribution is 2.15. The fourth-order valence-corrected chi connectivity index (χ4v) is 2.91. The number of ether oxygens (including phenoxy) is 2. The molecule has 30 heavy (non-hydrogen) atoms. The fraction of sp³-hybridized carbons (Fsp3) is 0.545. The van der Waals surface area contributed by atoms with Gasteiger partial charge in [-0.3, -0.25) is 0 Å². The van der Waals surface area contributed by atoms with Crippen molar-refractivity contribution >= 4 is 29.9 Å². The number of nitrogens with one attached hydrogen (secondary N) is 2. The summed E-state index contributed by atoms with van der Waals surface area (Å²) in [5.41, 5.74) is 3.25. The van der Waals surface area contributed by atoms with Gasteiger partial charge in [-0.25, -0.2) is 4.99 Å². The second-order valence-corrected chi connectivity index (χ2v) is 6.58. The third-order valence-corrected chi connectivity index (χ3v) is 4.58. The van der Waals surface area contributed by atoms with E-state index in [1.807, 2.05) is 31.2 Å². The molecule has 7 nitrogen and oxygen atoms in total. The normalized spacial score (nSPS) is 11.1. The average molecular weight is 530 g/mol. The fourth-order valence-electron chi connectivity index (χ4n) is 2.91. The van der Waals surface area contributed by atoms with Crippen LogP contribution in [0.2, 0.25) is 0 Å². The molecule has 168 valence electrons. The van der Waals surface area contributed by atoms with Crippen molar-refractivity contribution in [2.75, 3.05) is 26.9 Å². The number of benzene rings is 1. The van der Waals surface area contributed by atoms with E-state index in [4.69, 9.17) is 19.0 Å². The molecule has 0 atom stereocenters. The number of aryl methyl sites for hydroxylation is 2. The molecule has 0 unspecified atom stereocenters. The van der Waals surface area contributed by atoms with E-state index in [0.29, 0.717) is 13.1 Å². The summed E-state index contributed by atoms with van der Waals surface area (Å²) in [6.45, 7) is 9.65. The van der Waals surface area contributed by atoms with E-state index in [-0.39, 0.29) is 24.0 Å². The highest BCUT2D eigenvalue weighted by molar-refractivity contribution is 14.0.